The minimum atomic E-state index is -0.431. The molecule has 4 nitrogen and oxygen atoms in total. The van der Waals surface area contributed by atoms with Gasteiger partial charge in [-0.25, -0.2) is 0 Å². The molecule has 0 aliphatic carbocycles. The van der Waals surface area contributed by atoms with E-state index >= 15 is 0 Å². The van der Waals surface area contributed by atoms with E-state index in [9.17, 15) is 10.1 Å². The number of fused-ring (bicyclic) bond motifs is 1. The number of nitrogens with zero attached hydrogens (tertiary/aromatic N) is 1. The van der Waals surface area contributed by atoms with Gasteiger partial charge >= 0.3 is 0 Å². The van der Waals surface area contributed by atoms with Crippen LogP contribution in [0.2, 0.25) is 0 Å². The molecule has 1 N–H and O–H groups in total. The molecule has 0 aromatic heterocycles. The summed E-state index contributed by atoms with van der Waals surface area (Å²) in [6.07, 6.45) is 2.49. The highest BCUT2D eigenvalue weighted by Crippen LogP contribution is 2.31. The van der Waals surface area contributed by atoms with Gasteiger partial charge in [0.1, 0.15) is 17.4 Å². The van der Waals surface area contributed by atoms with E-state index in [1.54, 1.807) is 6.08 Å². The van der Waals surface area contributed by atoms with Gasteiger partial charge in [-0.2, -0.15) is 5.26 Å². The molecule has 0 fully saturated rings. The molecule has 0 saturated heterocycles. The van der Waals surface area contributed by atoms with E-state index in [0.717, 1.165) is 39.6 Å². The van der Waals surface area contributed by atoms with E-state index in [-0.39, 0.29) is 5.57 Å². The number of nitrogens with one attached hydrogen (secondary N) is 1. The zero-order valence-electron chi connectivity index (χ0n) is 17.0. The highest BCUT2D eigenvalue weighted by atomic mass is 16.5. The highest BCUT2D eigenvalue weighted by molar-refractivity contribution is 6.11. The van der Waals surface area contributed by atoms with Crippen LogP contribution in [-0.4, -0.2) is 12.5 Å². The molecule has 0 unspecified atom stereocenters. The number of rotatable bonds is 6. The van der Waals surface area contributed by atoms with Crippen LogP contribution < -0.4 is 10.1 Å². The lowest BCUT2D eigenvalue weighted by molar-refractivity contribution is -0.112. The van der Waals surface area contributed by atoms with Crippen molar-refractivity contribution in [3.05, 3.63) is 76.9 Å². The maximum absolute atomic E-state index is 12.9. The van der Waals surface area contributed by atoms with E-state index in [2.05, 4.69) is 11.4 Å². The summed E-state index contributed by atoms with van der Waals surface area (Å²) in [4.78, 5) is 12.9. The summed E-state index contributed by atoms with van der Waals surface area (Å²) < 4.78 is 5.89. The number of para-hydroxylation sites is 1. The van der Waals surface area contributed by atoms with Crippen molar-refractivity contribution in [2.24, 2.45) is 0 Å². The van der Waals surface area contributed by atoms with E-state index in [4.69, 9.17) is 4.74 Å². The van der Waals surface area contributed by atoms with Gasteiger partial charge in [-0.05, 0) is 54.3 Å². The van der Waals surface area contributed by atoms with Gasteiger partial charge < -0.3 is 10.1 Å². The van der Waals surface area contributed by atoms with E-state index in [1.807, 2.05) is 75.4 Å². The number of amides is 1. The van der Waals surface area contributed by atoms with Crippen molar-refractivity contribution in [3.8, 4) is 11.8 Å². The minimum Gasteiger partial charge on any atom is -0.493 e. The first-order valence-electron chi connectivity index (χ1n) is 9.69. The van der Waals surface area contributed by atoms with Crippen molar-refractivity contribution in [2.45, 2.75) is 27.2 Å². The Morgan fingerprint density at radius 2 is 1.79 bits per heavy atom. The van der Waals surface area contributed by atoms with Crippen LogP contribution in [-0.2, 0) is 4.79 Å². The number of carbonyl (C=O) groups excluding carboxylic acids is 1. The molecule has 0 saturated carbocycles. The lowest BCUT2D eigenvalue weighted by atomic mass is 10.0. The summed E-state index contributed by atoms with van der Waals surface area (Å²) in [5, 5.41) is 14.5. The van der Waals surface area contributed by atoms with Crippen molar-refractivity contribution in [1.82, 2.24) is 0 Å². The highest BCUT2D eigenvalue weighted by Gasteiger charge is 2.15. The SMILES string of the molecule is CCCOc1ccc2ccccc2c1/C=C(\C#N)C(=O)Nc1c(C)cccc1C. The second-order valence-electron chi connectivity index (χ2n) is 6.94. The summed E-state index contributed by atoms with van der Waals surface area (Å²) in [5.41, 5.74) is 3.41. The van der Waals surface area contributed by atoms with Crippen LogP contribution in [0.15, 0.2) is 60.2 Å². The van der Waals surface area contributed by atoms with Gasteiger partial charge in [-0.1, -0.05) is 55.5 Å². The third-order valence-corrected chi connectivity index (χ3v) is 4.77. The summed E-state index contributed by atoms with van der Waals surface area (Å²) in [5.74, 6) is 0.234. The molecule has 0 bridgehead atoms. The van der Waals surface area contributed by atoms with Crippen LogP contribution in [0.5, 0.6) is 5.75 Å². The maximum atomic E-state index is 12.9. The predicted octanol–water partition coefficient (Wildman–Crippen LogP) is 5.79. The summed E-state index contributed by atoms with van der Waals surface area (Å²) >= 11 is 0. The summed E-state index contributed by atoms with van der Waals surface area (Å²) in [6, 6.07) is 19.6. The molecular formula is C25H24N2O2. The third-order valence-electron chi connectivity index (χ3n) is 4.77. The lowest BCUT2D eigenvalue weighted by Crippen LogP contribution is -2.15. The average molecular weight is 384 g/mol. The Labute approximate surface area is 171 Å². The number of anilines is 1. The first-order chi connectivity index (χ1) is 14.0. The van der Waals surface area contributed by atoms with Crippen LogP contribution in [0.25, 0.3) is 16.8 Å². The maximum Gasteiger partial charge on any atom is 0.266 e. The number of hydrogen-bond donors (Lipinski definition) is 1. The monoisotopic (exact) mass is 384 g/mol. The second-order valence-corrected chi connectivity index (χ2v) is 6.94. The number of hydrogen-bond acceptors (Lipinski definition) is 3. The fourth-order valence-corrected chi connectivity index (χ4v) is 3.25. The number of carbonyl (C=O) groups is 1. The van der Waals surface area contributed by atoms with Crippen molar-refractivity contribution < 1.29 is 9.53 Å². The van der Waals surface area contributed by atoms with Crippen molar-refractivity contribution in [2.75, 3.05) is 11.9 Å². The standard InChI is InChI=1S/C25H24N2O2/c1-4-14-29-23-13-12-19-10-5-6-11-21(19)22(23)15-20(16-26)25(28)27-24-17(2)8-7-9-18(24)3/h5-13,15H,4,14H2,1-3H3,(H,27,28)/b20-15+. The second kappa shape index (κ2) is 9.07. The first kappa shape index (κ1) is 20.2. The lowest BCUT2D eigenvalue weighted by Gasteiger charge is -2.13. The Morgan fingerprint density at radius 3 is 2.48 bits per heavy atom. The molecule has 3 aromatic carbocycles. The van der Waals surface area contributed by atoms with Gasteiger partial charge in [0.2, 0.25) is 0 Å². The molecule has 0 aliphatic heterocycles. The number of nitriles is 1. The zero-order chi connectivity index (χ0) is 20.8. The van der Waals surface area contributed by atoms with Crippen LogP contribution in [0.4, 0.5) is 5.69 Å². The average Bonchev–Trinajstić information content (AvgIpc) is 2.73. The molecule has 1 amide bonds. The Bertz CT molecular complexity index is 1100. The predicted molar refractivity (Wildman–Crippen MR) is 118 cm³/mol. The van der Waals surface area contributed by atoms with Gasteiger partial charge in [-0.3, -0.25) is 4.79 Å². The minimum absolute atomic E-state index is 0.0327. The number of aryl methyl sites for hydroxylation is 2. The van der Waals surface area contributed by atoms with Crippen LogP contribution in [0, 0.1) is 25.2 Å². The van der Waals surface area contributed by atoms with Crippen LogP contribution in [0.3, 0.4) is 0 Å². The number of benzene rings is 3. The molecule has 0 aliphatic rings. The van der Waals surface area contributed by atoms with Gasteiger partial charge in [0.25, 0.3) is 5.91 Å². The quantitative estimate of drug-likeness (QED) is 0.432. The molecule has 0 heterocycles. The molecule has 4 heteroatoms. The van der Waals surface area contributed by atoms with Crippen molar-refractivity contribution in [1.29, 1.82) is 5.26 Å². The fraction of sp³-hybridized carbons (Fsp3) is 0.200. The largest absolute Gasteiger partial charge is 0.493 e. The zero-order valence-corrected chi connectivity index (χ0v) is 17.0. The molecule has 3 rings (SSSR count). The van der Waals surface area contributed by atoms with E-state index in [0.29, 0.717) is 12.4 Å². The molecule has 0 atom stereocenters. The Hall–Kier alpha value is -3.58. The van der Waals surface area contributed by atoms with Crippen molar-refractivity contribution in [3.63, 3.8) is 0 Å². The fourth-order valence-electron chi connectivity index (χ4n) is 3.25. The molecule has 0 radical (unpaired) electrons. The van der Waals surface area contributed by atoms with Gasteiger partial charge in [0.15, 0.2) is 0 Å². The van der Waals surface area contributed by atoms with Gasteiger partial charge in [-0.15, -0.1) is 0 Å². The van der Waals surface area contributed by atoms with E-state index < -0.39 is 5.91 Å². The molecule has 29 heavy (non-hydrogen) atoms. The Morgan fingerprint density at radius 1 is 1.07 bits per heavy atom. The smallest absolute Gasteiger partial charge is 0.266 e. The molecule has 146 valence electrons. The summed E-state index contributed by atoms with van der Waals surface area (Å²) in [6.45, 7) is 6.46. The van der Waals surface area contributed by atoms with Gasteiger partial charge in [0, 0.05) is 11.3 Å². The first-order valence-corrected chi connectivity index (χ1v) is 9.69. The Kier molecular flexibility index (Phi) is 6.31. The molecular weight excluding hydrogens is 360 g/mol. The summed E-state index contributed by atoms with van der Waals surface area (Å²) in [7, 11) is 0. The third kappa shape index (κ3) is 4.47. The van der Waals surface area contributed by atoms with Gasteiger partial charge in [0.05, 0.1) is 6.61 Å². The number of ether oxygens (including phenoxy) is 1. The van der Waals surface area contributed by atoms with Crippen LogP contribution >= 0.6 is 0 Å². The van der Waals surface area contributed by atoms with E-state index in [1.165, 1.54) is 0 Å². The van der Waals surface area contributed by atoms with Crippen LogP contribution in [0.1, 0.15) is 30.0 Å². The normalized spacial score (nSPS) is 11.2. The topological polar surface area (TPSA) is 62.1 Å². The molecule has 0 spiro atoms. The Balaban J connectivity index is 2.05. The van der Waals surface area contributed by atoms with Crippen molar-refractivity contribution >= 4 is 28.4 Å². The molecule has 3 aromatic rings.